The van der Waals surface area contributed by atoms with Gasteiger partial charge < -0.3 is 29.2 Å². The molecule has 2 rings (SSSR count). The number of aromatic hydroxyl groups is 1. The summed E-state index contributed by atoms with van der Waals surface area (Å²) in [6.07, 6.45) is 1.37. The molecular weight excluding hydrogens is 304 g/mol. The summed E-state index contributed by atoms with van der Waals surface area (Å²) in [5.41, 5.74) is 0.562. The van der Waals surface area contributed by atoms with Gasteiger partial charge in [-0.1, -0.05) is 0 Å². The van der Waals surface area contributed by atoms with Gasteiger partial charge in [0.05, 0.1) is 45.7 Å². The van der Waals surface area contributed by atoms with Gasteiger partial charge in [0.15, 0.2) is 11.5 Å². The normalized spacial score (nSPS) is 10.9. The van der Waals surface area contributed by atoms with E-state index in [1.807, 2.05) is 0 Å². The first-order valence-corrected chi connectivity index (χ1v) is 7.17. The molecule has 0 aliphatic carbocycles. The number of hydrogen-bond acceptors (Lipinski definition) is 8. The number of nitrogens with zero attached hydrogens (tertiary/aromatic N) is 2. The Kier molecular flexibility index (Phi) is 6.79. The van der Waals surface area contributed by atoms with Gasteiger partial charge >= 0.3 is 0 Å². The average molecular weight is 324 g/mol. The second kappa shape index (κ2) is 9.09. The number of phenols is 1. The highest BCUT2D eigenvalue weighted by Gasteiger charge is 2.14. The molecule has 2 N–H and O–H groups in total. The van der Waals surface area contributed by atoms with Crippen LogP contribution in [-0.4, -0.2) is 66.9 Å². The quantitative estimate of drug-likeness (QED) is 0.617. The Bertz CT molecular complexity index is 622. The summed E-state index contributed by atoms with van der Waals surface area (Å²) in [6, 6.07) is 3.35. The minimum Gasteiger partial charge on any atom is -0.504 e. The molecule has 8 heteroatoms. The van der Waals surface area contributed by atoms with E-state index in [1.54, 1.807) is 12.1 Å². The van der Waals surface area contributed by atoms with Gasteiger partial charge in [-0.25, -0.2) is 9.97 Å². The Balaban J connectivity index is 1.90. The molecule has 0 unspecified atom stereocenters. The van der Waals surface area contributed by atoms with E-state index in [1.165, 1.54) is 13.4 Å². The van der Waals surface area contributed by atoms with Crippen molar-refractivity contribution in [3.63, 3.8) is 0 Å². The molecule has 0 atom stereocenters. The number of methoxy groups -OCH3 is 1. The molecule has 1 aromatic carbocycles. The van der Waals surface area contributed by atoms with Crippen molar-refractivity contribution in [2.24, 2.45) is 0 Å². The maximum Gasteiger partial charge on any atom is 0.228 e. The van der Waals surface area contributed by atoms with E-state index in [4.69, 9.17) is 24.1 Å². The molecule has 1 aromatic heterocycles. The number of benzene rings is 1. The fraction of sp³-hybridized carbons (Fsp3) is 0.467. The van der Waals surface area contributed by atoms with E-state index in [-0.39, 0.29) is 24.8 Å². The van der Waals surface area contributed by atoms with Gasteiger partial charge in [0.25, 0.3) is 0 Å². The average Bonchev–Trinajstić information content (AvgIpc) is 2.57. The van der Waals surface area contributed by atoms with Crippen LogP contribution in [0.4, 0.5) is 0 Å². The predicted octanol–water partition coefficient (Wildman–Crippen LogP) is 0.748. The van der Waals surface area contributed by atoms with Gasteiger partial charge in [0.1, 0.15) is 18.3 Å². The molecule has 0 fully saturated rings. The summed E-state index contributed by atoms with van der Waals surface area (Å²) < 4.78 is 21.0. The summed E-state index contributed by atoms with van der Waals surface area (Å²) in [4.78, 5) is 8.13. The first kappa shape index (κ1) is 17.2. The van der Waals surface area contributed by atoms with Crippen LogP contribution < -0.4 is 9.47 Å². The van der Waals surface area contributed by atoms with Gasteiger partial charge in [-0.15, -0.1) is 0 Å². The van der Waals surface area contributed by atoms with Crippen molar-refractivity contribution >= 4 is 10.9 Å². The lowest BCUT2D eigenvalue weighted by Gasteiger charge is -2.11. The molecule has 0 saturated carbocycles. The molecular formula is C15H20N2O6. The molecule has 0 bridgehead atoms. The Hall–Kier alpha value is -2.16. The number of aliphatic hydroxyl groups is 1. The second-order valence-electron chi connectivity index (χ2n) is 4.49. The Morgan fingerprint density at radius 1 is 1.00 bits per heavy atom. The minimum atomic E-state index is -0.0566. The fourth-order valence-corrected chi connectivity index (χ4v) is 1.95. The van der Waals surface area contributed by atoms with Crippen molar-refractivity contribution in [2.75, 3.05) is 46.8 Å². The third-order valence-corrected chi connectivity index (χ3v) is 3.00. The van der Waals surface area contributed by atoms with Gasteiger partial charge in [-0.3, -0.25) is 0 Å². The van der Waals surface area contributed by atoms with Crippen molar-refractivity contribution < 1.29 is 29.2 Å². The van der Waals surface area contributed by atoms with E-state index < -0.39 is 0 Å². The molecule has 0 aliphatic heterocycles. The van der Waals surface area contributed by atoms with E-state index in [0.29, 0.717) is 43.1 Å². The van der Waals surface area contributed by atoms with Crippen LogP contribution in [0.25, 0.3) is 10.9 Å². The molecule has 0 saturated heterocycles. The van der Waals surface area contributed by atoms with E-state index in [9.17, 15) is 5.11 Å². The smallest absolute Gasteiger partial charge is 0.228 e. The predicted molar refractivity (Wildman–Crippen MR) is 82.0 cm³/mol. The third-order valence-electron chi connectivity index (χ3n) is 3.00. The van der Waals surface area contributed by atoms with Crippen LogP contribution in [0.15, 0.2) is 18.5 Å². The summed E-state index contributed by atoms with van der Waals surface area (Å²) in [5.74, 6) is 0.542. The van der Waals surface area contributed by atoms with Crippen molar-refractivity contribution in [1.82, 2.24) is 9.97 Å². The van der Waals surface area contributed by atoms with Gasteiger partial charge in [-0.05, 0) is 12.1 Å². The summed E-state index contributed by atoms with van der Waals surface area (Å²) in [7, 11) is 1.47. The highest BCUT2D eigenvalue weighted by atomic mass is 16.5. The maximum absolute atomic E-state index is 10.2. The van der Waals surface area contributed by atoms with E-state index in [0.717, 1.165) is 0 Å². The standard InChI is InChI=1S/C15H20N2O6/c1-20-12-3-2-11-13(14(12)19)15(17-10-16-11)23-9-8-22-7-6-21-5-4-18/h2-3,10,18-19H,4-9H2,1H3. The lowest BCUT2D eigenvalue weighted by atomic mass is 10.2. The van der Waals surface area contributed by atoms with Crippen LogP contribution in [0, 0.1) is 0 Å². The number of rotatable bonds is 10. The van der Waals surface area contributed by atoms with Crippen LogP contribution in [-0.2, 0) is 9.47 Å². The van der Waals surface area contributed by atoms with Gasteiger partial charge in [0, 0.05) is 0 Å². The molecule has 2 aromatic rings. The SMILES string of the molecule is COc1ccc2ncnc(OCCOCCOCCO)c2c1O. The minimum absolute atomic E-state index is 0.00312. The molecule has 23 heavy (non-hydrogen) atoms. The van der Waals surface area contributed by atoms with E-state index in [2.05, 4.69) is 9.97 Å². The molecule has 126 valence electrons. The first-order chi connectivity index (χ1) is 11.3. The van der Waals surface area contributed by atoms with Crippen LogP contribution in [0.5, 0.6) is 17.4 Å². The number of phenolic OH excluding ortho intramolecular Hbond substituents is 1. The number of aromatic nitrogens is 2. The maximum atomic E-state index is 10.2. The highest BCUT2D eigenvalue weighted by Crippen LogP contribution is 2.37. The van der Waals surface area contributed by atoms with Gasteiger partial charge in [-0.2, -0.15) is 0 Å². The summed E-state index contributed by atoms with van der Waals surface area (Å²) >= 11 is 0. The van der Waals surface area contributed by atoms with Crippen molar-refractivity contribution in [1.29, 1.82) is 0 Å². The van der Waals surface area contributed by atoms with Crippen LogP contribution in [0.2, 0.25) is 0 Å². The van der Waals surface area contributed by atoms with Crippen LogP contribution in [0.3, 0.4) is 0 Å². The second-order valence-corrected chi connectivity index (χ2v) is 4.49. The van der Waals surface area contributed by atoms with E-state index >= 15 is 0 Å². The van der Waals surface area contributed by atoms with Crippen LogP contribution >= 0.6 is 0 Å². The topological polar surface area (TPSA) is 103 Å². The summed E-state index contributed by atoms with van der Waals surface area (Å²) in [6.45, 7) is 1.73. The molecule has 1 heterocycles. The molecule has 0 spiro atoms. The molecule has 8 nitrogen and oxygen atoms in total. The lowest BCUT2D eigenvalue weighted by Crippen LogP contribution is -2.12. The number of aliphatic hydroxyl groups excluding tert-OH is 1. The Labute approximate surface area is 133 Å². The fourth-order valence-electron chi connectivity index (χ4n) is 1.95. The largest absolute Gasteiger partial charge is 0.504 e. The zero-order chi connectivity index (χ0) is 16.5. The monoisotopic (exact) mass is 324 g/mol. The first-order valence-electron chi connectivity index (χ1n) is 7.17. The molecule has 0 radical (unpaired) electrons. The molecule has 0 aliphatic rings. The zero-order valence-electron chi connectivity index (χ0n) is 12.9. The lowest BCUT2D eigenvalue weighted by molar-refractivity contribution is 0.0244. The Morgan fingerprint density at radius 2 is 1.74 bits per heavy atom. The number of fused-ring (bicyclic) bond motifs is 1. The highest BCUT2D eigenvalue weighted by molar-refractivity contribution is 5.91. The van der Waals surface area contributed by atoms with Gasteiger partial charge in [0.2, 0.25) is 5.88 Å². The number of ether oxygens (including phenoxy) is 4. The summed E-state index contributed by atoms with van der Waals surface area (Å²) in [5, 5.41) is 19.2. The Morgan fingerprint density at radius 3 is 2.48 bits per heavy atom. The van der Waals surface area contributed by atoms with Crippen molar-refractivity contribution in [2.45, 2.75) is 0 Å². The third kappa shape index (κ3) is 4.65. The molecule has 0 amide bonds. The van der Waals surface area contributed by atoms with Crippen LogP contribution in [0.1, 0.15) is 0 Å². The zero-order valence-corrected chi connectivity index (χ0v) is 12.9. The number of hydrogen-bond donors (Lipinski definition) is 2. The van der Waals surface area contributed by atoms with Crippen molar-refractivity contribution in [3.8, 4) is 17.4 Å². The van der Waals surface area contributed by atoms with Crippen molar-refractivity contribution in [3.05, 3.63) is 18.5 Å².